The van der Waals surface area contributed by atoms with Crippen LogP contribution in [-0.2, 0) is 26.2 Å². The normalized spacial score (nSPS) is 12.2. The summed E-state index contributed by atoms with van der Waals surface area (Å²) >= 11 is 0. The van der Waals surface area contributed by atoms with E-state index in [4.69, 9.17) is 0 Å². The summed E-state index contributed by atoms with van der Waals surface area (Å²) in [5, 5.41) is 2.64. The van der Waals surface area contributed by atoms with E-state index in [1.165, 1.54) is 36.0 Å². The van der Waals surface area contributed by atoms with Gasteiger partial charge in [0, 0.05) is 14.5 Å². The van der Waals surface area contributed by atoms with Crippen LogP contribution in [0.25, 0.3) is 16.5 Å². The zero-order chi connectivity index (χ0) is 14.7. The third-order valence-corrected chi connectivity index (χ3v) is 4.66. The molecule has 3 aromatic rings. The minimum Gasteiger partial charge on any atom is -1.00 e. The summed E-state index contributed by atoms with van der Waals surface area (Å²) in [5.74, 6) is 2.14. The van der Waals surface area contributed by atoms with Crippen molar-refractivity contribution in [2.24, 2.45) is 0 Å². The Morgan fingerprint density at radius 1 is 1.12 bits per heavy atom. The first kappa shape index (κ1) is 23.5. The molecule has 0 spiro atoms. The van der Waals surface area contributed by atoms with Crippen LogP contribution in [0, 0.1) is 6.08 Å². The first-order valence-corrected chi connectivity index (χ1v) is 8.06. The standard InChI is InChI=1S/C12H9NP.C7H9.2ClH.Zr/c1-2-5-11-9-12(8-10(11)4-1)13-6-3-7-14-13;1-6-4-3-5-7(6)2;;;/h1-9H;4H,3H2,1-2H3;2*1H;/q2*-1;;;+4/p-2. The molecule has 2 aromatic carbocycles. The molecule has 4 rings (SSSR count). The average molecular weight is 453 g/mol. The van der Waals surface area contributed by atoms with E-state index in [0.717, 1.165) is 6.42 Å². The Bertz CT molecular complexity index is 755. The van der Waals surface area contributed by atoms with Gasteiger partial charge >= 0.3 is 26.2 Å². The molecule has 5 heteroatoms. The first-order valence-electron chi connectivity index (χ1n) is 7.14. The van der Waals surface area contributed by atoms with Crippen molar-refractivity contribution < 1.29 is 51.0 Å². The number of aromatic nitrogens is 1. The molecule has 0 radical (unpaired) electrons. The predicted molar refractivity (Wildman–Crippen MR) is 92.2 cm³/mol. The van der Waals surface area contributed by atoms with Gasteiger partial charge in [-0.2, -0.15) is 6.08 Å². The van der Waals surface area contributed by atoms with Crippen LogP contribution in [0.4, 0.5) is 0 Å². The van der Waals surface area contributed by atoms with Crippen LogP contribution >= 0.6 is 8.35 Å². The predicted octanol–water partition coefficient (Wildman–Crippen LogP) is 0.0209. The van der Waals surface area contributed by atoms with Crippen LogP contribution in [0.5, 0.6) is 0 Å². The topological polar surface area (TPSA) is 4.93 Å². The Labute approximate surface area is 177 Å². The Morgan fingerprint density at radius 2 is 1.88 bits per heavy atom. The van der Waals surface area contributed by atoms with Crippen molar-refractivity contribution in [2.45, 2.75) is 20.3 Å². The molecule has 1 heterocycles. The fraction of sp³-hybridized carbons (Fsp3) is 0.158. The fourth-order valence-corrected chi connectivity index (χ4v) is 3.04. The average Bonchev–Trinajstić information content (AvgIpc) is 3.21. The summed E-state index contributed by atoms with van der Waals surface area (Å²) in [4.78, 5) is 0. The van der Waals surface area contributed by atoms with Gasteiger partial charge in [0.25, 0.3) is 0 Å². The summed E-state index contributed by atoms with van der Waals surface area (Å²) in [6.07, 6.45) is 8.52. The Morgan fingerprint density at radius 3 is 2.38 bits per heavy atom. The van der Waals surface area contributed by atoms with E-state index in [1.54, 1.807) is 0 Å². The second-order valence-electron chi connectivity index (χ2n) is 5.19. The van der Waals surface area contributed by atoms with Crippen molar-refractivity contribution >= 4 is 19.1 Å². The molecule has 0 atom stereocenters. The van der Waals surface area contributed by atoms with Gasteiger partial charge in [0.05, 0.1) is 0 Å². The summed E-state index contributed by atoms with van der Waals surface area (Å²) in [5.41, 5.74) is 3.98. The number of allylic oxidation sites excluding steroid dienone is 4. The van der Waals surface area contributed by atoms with Gasteiger partial charge in [-0.1, -0.05) is 13.0 Å². The van der Waals surface area contributed by atoms with Gasteiger partial charge in [0.1, 0.15) is 0 Å². The van der Waals surface area contributed by atoms with Crippen LogP contribution in [0.15, 0.2) is 71.7 Å². The number of nitrogens with zero attached hydrogens (tertiary/aromatic N) is 1. The molecule has 0 bridgehead atoms. The third-order valence-electron chi connectivity index (χ3n) is 3.74. The summed E-state index contributed by atoms with van der Waals surface area (Å²) in [6, 6.07) is 15.0. The van der Waals surface area contributed by atoms with Gasteiger partial charge in [-0.15, -0.1) is 54.4 Å². The monoisotopic (exact) mass is 451 g/mol. The molecule has 0 saturated heterocycles. The second-order valence-corrected chi connectivity index (χ2v) is 6.15. The van der Waals surface area contributed by atoms with Crippen molar-refractivity contribution in [3.05, 3.63) is 77.8 Å². The summed E-state index contributed by atoms with van der Waals surface area (Å²) < 4.78 is 2.22. The number of halogens is 2. The first-order chi connectivity index (χ1) is 10.2. The SMILES string of the molecule is CC1=[C-]CC=C1C.[Cl-].[Cl-].[Zr+4].c1ccc2[cH-]c(-n3cccp3)cc2c1. The number of fused-ring (bicyclic) bond motifs is 1. The maximum atomic E-state index is 3.19. The molecule has 0 aliphatic heterocycles. The van der Waals surface area contributed by atoms with Crippen LogP contribution in [0.2, 0.25) is 0 Å². The Hall–Kier alpha value is -0.517. The summed E-state index contributed by atoms with van der Waals surface area (Å²) in [7, 11) is 1.23. The van der Waals surface area contributed by atoms with E-state index in [2.05, 4.69) is 84.8 Å². The molecule has 0 amide bonds. The molecular formula is C19H18Cl2NPZr. The van der Waals surface area contributed by atoms with E-state index < -0.39 is 0 Å². The van der Waals surface area contributed by atoms with Crippen molar-refractivity contribution in [2.75, 3.05) is 0 Å². The molecular weight excluding hydrogens is 435 g/mol. The van der Waals surface area contributed by atoms with Gasteiger partial charge < -0.3 is 29.1 Å². The van der Waals surface area contributed by atoms with Crippen LogP contribution in [0.1, 0.15) is 20.3 Å². The van der Waals surface area contributed by atoms with E-state index in [0.29, 0.717) is 0 Å². The molecule has 122 valence electrons. The van der Waals surface area contributed by atoms with Crippen molar-refractivity contribution in [3.63, 3.8) is 0 Å². The van der Waals surface area contributed by atoms with Gasteiger partial charge in [0.15, 0.2) is 0 Å². The Balaban J connectivity index is 0.000000463. The van der Waals surface area contributed by atoms with Crippen LogP contribution in [-0.4, -0.2) is 4.33 Å². The zero-order valence-electron chi connectivity index (χ0n) is 13.6. The molecule has 0 saturated carbocycles. The van der Waals surface area contributed by atoms with E-state index in [9.17, 15) is 0 Å². The van der Waals surface area contributed by atoms with Gasteiger partial charge in [-0.3, -0.25) is 6.08 Å². The molecule has 1 nitrogen and oxygen atoms in total. The van der Waals surface area contributed by atoms with Crippen LogP contribution < -0.4 is 24.8 Å². The molecule has 24 heavy (non-hydrogen) atoms. The van der Waals surface area contributed by atoms with Crippen molar-refractivity contribution in [1.82, 2.24) is 4.33 Å². The number of rotatable bonds is 1. The van der Waals surface area contributed by atoms with Crippen molar-refractivity contribution in [1.29, 1.82) is 0 Å². The van der Waals surface area contributed by atoms with Crippen molar-refractivity contribution in [3.8, 4) is 5.69 Å². The quantitative estimate of drug-likeness (QED) is 0.458. The largest absolute Gasteiger partial charge is 4.00 e. The smallest absolute Gasteiger partial charge is 1.00 e. The fourth-order valence-electron chi connectivity index (χ4n) is 2.34. The molecule has 1 aliphatic carbocycles. The van der Waals surface area contributed by atoms with Gasteiger partial charge in [0.2, 0.25) is 0 Å². The van der Waals surface area contributed by atoms with Gasteiger partial charge in [-0.25, -0.2) is 11.1 Å². The molecule has 0 N–H and O–H groups in total. The zero-order valence-corrected chi connectivity index (χ0v) is 18.5. The van der Waals surface area contributed by atoms with E-state index in [1.807, 2.05) is 0 Å². The molecule has 0 fully saturated rings. The maximum absolute atomic E-state index is 3.19. The number of benzene rings is 1. The second kappa shape index (κ2) is 11.2. The van der Waals surface area contributed by atoms with E-state index in [-0.39, 0.29) is 51.0 Å². The molecule has 0 unspecified atom stereocenters. The summed E-state index contributed by atoms with van der Waals surface area (Å²) in [6.45, 7) is 4.22. The Kier molecular flexibility index (Phi) is 10.9. The minimum atomic E-state index is 0. The molecule has 1 aromatic heterocycles. The van der Waals surface area contributed by atoms with E-state index >= 15 is 0 Å². The third kappa shape index (κ3) is 5.78. The number of hydrogen-bond donors (Lipinski definition) is 0. The van der Waals surface area contributed by atoms with Gasteiger partial charge in [-0.05, 0) is 17.6 Å². The minimum absolute atomic E-state index is 0. The molecule has 1 aliphatic rings. The number of hydrogen-bond acceptors (Lipinski definition) is 0. The van der Waals surface area contributed by atoms with Crippen LogP contribution in [0.3, 0.4) is 0 Å². The maximum Gasteiger partial charge on any atom is 4.00 e.